The minimum absolute atomic E-state index is 0. The van der Waals surface area contributed by atoms with Crippen molar-refractivity contribution in [3.8, 4) is 0 Å². The highest BCUT2D eigenvalue weighted by Crippen LogP contribution is 2.26. The van der Waals surface area contributed by atoms with Crippen LogP contribution in [-0.4, -0.2) is 65.3 Å². The molecular weight excluding hydrogens is 513 g/mol. The zero-order valence-electron chi connectivity index (χ0n) is 17.0. The van der Waals surface area contributed by atoms with Crippen molar-refractivity contribution in [1.29, 1.82) is 0 Å². The van der Waals surface area contributed by atoms with Crippen LogP contribution in [0.3, 0.4) is 0 Å². The molecule has 1 atom stereocenters. The summed E-state index contributed by atoms with van der Waals surface area (Å²) < 4.78 is 24.6. The van der Waals surface area contributed by atoms with E-state index in [9.17, 15) is 8.42 Å². The lowest BCUT2D eigenvalue weighted by Gasteiger charge is -2.31. The summed E-state index contributed by atoms with van der Waals surface area (Å²) in [5.41, 5.74) is 1.09. The molecule has 0 saturated heterocycles. The second-order valence-corrected chi connectivity index (χ2v) is 8.40. The minimum atomic E-state index is -3.14. The predicted molar refractivity (Wildman–Crippen MR) is 129 cm³/mol. The van der Waals surface area contributed by atoms with Crippen LogP contribution in [0.5, 0.6) is 0 Å². The van der Waals surface area contributed by atoms with E-state index < -0.39 is 10.0 Å². The molecule has 0 aromatic heterocycles. The van der Waals surface area contributed by atoms with E-state index in [1.807, 2.05) is 18.2 Å². The summed E-state index contributed by atoms with van der Waals surface area (Å²) in [4.78, 5) is 6.58. The minimum Gasteiger partial charge on any atom is -0.356 e. The standard InChI is InChI=1S/C18H32ClN5O2S.HI/c1-5-24(6-2)17(15-10-7-8-11-16(15)19)14-22-18(20-3)21-12-9-13-23-27(4,25)26;/h7-8,10-11,17,23H,5-6,9,12-14H2,1-4H3,(H2,20,21,22);1H. The summed E-state index contributed by atoms with van der Waals surface area (Å²) in [6.45, 7) is 7.76. The molecule has 1 aromatic rings. The molecule has 0 bridgehead atoms. The third-order valence-corrected chi connectivity index (χ3v) is 5.29. The average molecular weight is 546 g/mol. The first-order valence-electron chi connectivity index (χ1n) is 9.20. The highest BCUT2D eigenvalue weighted by Gasteiger charge is 2.20. The van der Waals surface area contributed by atoms with Crippen LogP contribution in [0.15, 0.2) is 29.3 Å². The molecular formula is C18H33ClIN5O2S. The van der Waals surface area contributed by atoms with E-state index in [2.05, 4.69) is 45.2 Å². The van der Waals surface area contributed by atoms with E-state index in [1.165, 1.54) is 0 Å². The third-order valence-electron chi connectivity index (χ3n) is 4.21. The normalized spacial score (nSPS) is 13.1. The maximum Gasteiger partial charge on any atom is 0.208 e. The molecule has 0 amide bonds. The monoisotopic (exact) mass is 545 g/mol. The van der Waals surface area contributed by atoms with Gasteiger partial charge >= 0.3 is 0 Å². The molecule has 28 heavy (non-hydrogen) atoms. The number of likely N-dealkylation sites (N-methyl/N-ethyl adjacent to an activating group) is 1. The Balaban J connectivity index is 0.00000729. The van der Waals surface area contributed by atoms with Crippen molar-refractivity contribution in [3.05, 3.63) is 34.9 Å². The number of sulfonamides is 1. The van der Waals surface area contributed by atoms with E-state index in [4.69, 9.17) is 11.6 Å². The van der Waals surface area contributed by atoms with E-state index in [1.54, 1.807) is 7.05 Å². The van der Waals surface area contributed by atoms with Crippen molar-refractivity contribution >= 4 is 51.6 Å². The van der Waals surface area contributed by atoms with Gasteiger partial charge in [0.2, 0.25) is 10.0 Å². The molecule has 1 aromatic carbocycles. The van der Waals surface area contributed by atoms with Crippen molar-refractivity contribution in [1.82, 2.24) is 20.3 Å². The van der Waals surface area contributed by atoms with Gasteiger partial charge in [0.05, 0.1) is 12.3 Å². The molecule has 1 rings (SSSR count). The fraction of sp³-hybridized carbons (Fsp3) is 0.611. The van der Waals surface area contributed by atoms with E-state index in [-0.39, 0.29) is 30.0 Å². The SMILES string of the molecule is CCN(CC)C(CNC(=NC)NCCCNS(C)(=O)=O)c1ccccc1Cl.I. The van der Waals surface area contributed by atoms with Crippen LogP contribution in [0.1, 0.15) is 31.9 Å². The van der Waals surface area contributed by atoms with Gasteiger partial charge in [-0.2, -0.15) is 0 Å². The lowest BCUT2D eigenvalue weighted by Crippen LogP contribution is -2.43. The van der Waals surface area contributed by atoms with Crippen LogP contribution in [0.2, 0.25) is 5.02 Å². The second-order valence-electron chi connectivity index (χ2n) is 6.16. The van der Waals surface area contributed by atoms with Gasteiger partial charge < -0.3 is 10.6 Å². The Hall–Kier alpha value is -0.620. The molecule has 10 heteroatoms. The number of nitrogens with one attached hydrogen (secondary N) is 3. The van der Waals surface area contributed by atoms with Crippen LogP contribution < -0.4 is 15.4 Å². The highest BCUT2D eigenvalue weighted by atomic mass is 127. The molecule has 0 aliphatic rings. The molecule has 0 fully saturated rings. The smallest absolute Gasteiger partial charge is 0.208 e. The number of aliphatic imine (C=N–C) groups is 1. The zero-order chi connectivity index (χ0) is 20.3. The first kappa shape index (κ1) is 27.4. The van der Waals surface area contributed by atoms with Gasteiger partial charge in [-0.3, -0.25) is 9.89 Å². The Morgan fingerprint density at radius 3 is 2.36 bits per heavy atom. The fourth-order valence-corrected chi connectivity index (χ4v) is 3.59. The van der Waals surface area contributed by atoms with Crippen LogP contribution in [0.25, 0.3) is 0 Å². The molecule has 162 valence electrons. The molecule has 7 nitrogen and oxygen atoms in total. The van der Waals surface area contributed by atoms with Gasteiger partial charge in [0.1, 0.15) is 0 Å². The number of hydrogen-bond acceptors (Lipinski definition) is 4. The van der Waals surface area contributed by atoms with Gasteiger partial charge in [0, 0.05) is 31.7 Å². The quantitative estimate of drug-likeness (QED) is 0.172. The van der Waals surface area contributed by atoms with Crippen molar-refractivity contribution in [2.75, 3.05) is 46.0 Å². The number of benzene rings is 1. The number of rotatable bonds is 11. The van der Waals surface area contributed by atoms with E-state index >= 15 is 0 Å². The number of halogens is 2. The Bertz CT molecular complexity index is 699. The number of nitrogens with zero attached hydrogens (tertiary/aromatic N) is 2. The van der Waals surface area contributed by atoms with E-state index in [0.29, 0.717) is 32.0 Å². The Morgan fingerprint density at radius 1 is 1.18 bits per heavy atom. The van der Waals surface area contributed by atoms with Gasteiger partial charge in [-0.25, -0.2) is 13.1 Å². The first-order valence-corrected chi connectivity index (χ1v) is 11.5. The van der Waals surface area contributed by atoms with E-state index in [0.717, 1.165) is 29.9 Å². The van der Waals surface area contributed by atoms with Crippen molar-refractivity contribution in [2.45, 2.75) is 26.3 Å². The molecule has 1 unspecified atom stereocenters. The number of guanidine groups is 1. The van der Waals surface area contributed by atoms with Crippen LogP contribution in [-0.2, 0) is 10.0 Å². The topological polar surface area (TPSA) is 85.8 Å². The maximum atomic E-state index is 11.1. The van der Waals surface area contributed by atoms with Crippen LogP contribution in [0.4, 0.5) is 0 Å². The Morgan fingerprint density at radius 2 is 1.82 bits per heavy atom. The largest absolute Gasteiger partial charge is 0.356 e. The third kappa shape index (κ3) is 10.2. The average Bonchev–Trinajstić information content (AvgIpc) is 2.62. The zero-order valence-corrected chi connectivity index (χ0v) is 20.9. The van der Waals surface area contributed by atoms with Crippen molar-refractivity contribution in [2.24, 2.45) is 4.99 Å². The van der Waals surface area contributed by atoms with Crippen LogP contribution >= 0.6 is 35.6 Å². The molecule has 0 heterocycles. The molecule has 0 aliphatic heterocycles. The van der Waals surface area contributed by atoms with Gasteiger partial charge in [0.25, 0.3) is 0 Å². The summed E-state index contributed by atoms with van der Waals surface area (Å²) in [7, 11) is -1.43. The summed E-state index contributed by atoms with van der Waals surface area (Å²) in [5, 5.41) is 7.31. The lowest BCUT2D eigenvalue weighted by atomic mass is 10.0. The van der Waals surface area contributed by atoms with Gasteiger partial charge in [-0.05, 0) is 31.1 Å². The molecule has 0 saturated carbocycles. The Labute approximate surface area is 191 Å². The summed E-state index contributed by atoms with van der Waals surface area (Å²) in [5.74, 6) is 0.679. The molecule has 0 spiro atoms. The van der Waals surface area contributed by atoms with Gasteiger partial charge in [-0.1, -0.05) is 43.6 Å². The molecule has 3 N–H and O–H groups in total. The molecule has 0 radical (unpaired) electrons. The Kier molecular flexibility index (Phi) is 14.1. The van der Waals surface area contributed by atoms with Crippen LogP contribution in [0, 0.1) is 0 Å². The first-order chi connectivity index (χ1) is 12.8. The predicted octanol–water partition coefficient (Wildman–Crippen LogP) is 2.45. The van der Waals surface area contributed by atoms with Crippen molar-refractivity contribution < 1.29 is 8.42 Å². The highest BCUT2D eigenvalue weighted by molar-refractivity contribution is 14.0. The second kappa shape index (κ2) is 14.4. The van der Waals surface area contributed by atoms with Crippen molar-refractivity contribution in [3.63, 3.8) is 0 Å². The fourth-order valence-electron chi connectivity index (χ4n) is 2.81. The molecule has 0 aliphatic carbocycles. The lowest BCUT2D eigenvalue weighted by molar-refractivity contribution is 0.219. The van der Waals surface area contributed by atoms with Gasteiger partial charge in [0.15, 0.2) is 5.96 Å². The summed E-state index contributed by atoms with van der Waals surface area (Å²) in [6, 6.07) is 8.03. The maximum absolute atomic E-state index is 11.1. The van der Waals surface area contributed by atoms with Gasteiger partial charge in [-0.15, -0.1) is 24.0 Å². The summed E-state index contributed by atoms with van der Waals surface area (Å²) >= 11 is 6.43. The number of hydrogen-bond donors (Lipinski definition) is 3. The summed E-state index contributed by atoms with van der Waals surface area (Å²) in [6.07, 6.45) is 1.82.